The summed E-state index contributed by atoms with van der Waals surface area (Å²) in [6.45, 7) is 3.30. The minimum atomic E-state index is -0.144. The van der Waals surface area contributed by atoms with Gasteiger partial charge in [0, 0.05) is 6.04 Å². The average molecular weight is 235 g/mol. The van der Waals surface area contributed by atoms with Crippen LogP contribution in [-0.4, -0.2) is 6.54 Å². The van der Waals surface area contributed by atoms with Crippen LogP contribution in [0.4, 0.5) is 4.39 Å². The van der Waals surface area contributed by atoms with Crippen molar-refractivity contribution in [3.63, 3.8) is 0 Å². The molecule has 1 aromatic rings. The van der Waals surface area contributed by atoms with Gasteiger partial charge >= 0.3 is 0 Å². The van der Waals surface area contributed by atoms with Crippen LogP contribution in [0.15, 0.2) is 24.3 Å². The van der Waals surface area contributed by atoms with E-state index in [4.69, 9.17) is 0 Å². The number of hydrogen-bond donors (Lipinski definition) is 1. The summed E-state index contributed by atoms with van der Waals surface area (Å²) in [4.78, 5) is 0. The Bertz CT molecular complexity index is 329. The van der Waals surface area contributed by atoms with E-state index in [0.29, 0.717) is 6.04 Å². The van der Waals surface area contributed by atoms with Crippen molar-refractivity contribution in [2.24, 2.45) is 5.92 Å². The minimum Gasteiger partial charge on any atom is -0.310 e. The molecule has 0 amide bonds. The summed E-state index contributed by atoms with van der Waals surface area (Å²) in [7, 11) is 0. The van der Waals surface area contributed by atoms with Gasteiger partial charge in [0.25, 0.3) is 0 Å². The van der Waals surface area contributed by atoms with E-state index in [-0.39, 0.29) is 5.82 Å². The SMILES string of the molecule is CCCCCNC(c1ccc(F)cc1)C1CC1. The predicted molar refractivity (Wildman–Crippen MR) is 69.4 cm³/mol. The smallest absolute Gasteiger partial charge is 0.123 e. The molecule has 1 aromatic carbocycles. The van der Waals surface area contributed by atoms with Gasteiger partial charge in [0.05, 0.1) is 0 Å². The fourth-order valence-corrected chi connectivity index (χ4v) is 2.29. The number of unbranched alkanes of at least 4 members (excludes halogenated alkanes) is 2. The molecule has 0 heterocycles. The molecule has 1 aliphatic carbocycles. The summed E-state index contributed by atoms with van der Waals surface area (Å²) in [6.07, 6.45) is 6.40. The molecule has 0 saturated heterocycles. The molecule has 0 aromatic heterocycles. The van der Waals surface area contributed by atoms with Crippen LogP contribution in [0, 0.1) is 11.7 Å². The molecule has 1 fully saturated rings. The molecule has 1 N–H and O–H groups in total. The van der Waals surface area contributed by atoms with Crippen LogP contribution in [0.25, 0.3) is 0 Å². The maximum absolute atomic E-state index is 12.9. The summed E-state index contributed by atoms with van der Waals surface area (Å²) >= 11 is 0. The molecule has 2 rings (SSSR count). The lowest BCUT2D eigenvalue weighted by atomic mass is 10.0. The molecule has 1 nitrogen and oxygen atoms in total. The Labute approximate surface area is 103 Å². The summed E-state index contributed by atoms with van der Waals surface area (Å²) in [5, 5.41) is 3.63. The molecule has 0 radical (unpaired) electrons. The van der Waals surface area contributed by atoms with Gasteiger partial charge in [0.1, 0.15) is 5.82 Å². The normalized spacial score (nSPS) is 17.1. The molecular formula is C15H22FN. The van der Waals surface area contributed by atoms with Gasteiger partial charge in [-0.05, 0) is 49.4 Å². The first-order chi connectivity index (χ1) is 8.31. The topological polar surface area (TPSA) is 12.0 Å². The van der Waals surface area contributed by atoms with E-state index >= 15 is 0 Å². The molecule has 1 saturated carbocycles. The van der Waals surface area contributed by atoms with Crippen molar-refractivity contribution in [2.45, 2.75) is 45.1 Å². The van der Waals surface area contributed by atoms with Gasteiger partial charge in [-0.1, -0.05) is 31.9 Å². The fraction of sp³-hybridized carbons (Fsp3) is 0.600. The summed E-state index contributed by atoms with van der Waals surface area (Å²) in [6, 6.07) is 7.42. The largest absolute Gasteiger partial charge is 0.310 e. The zero-order valence-electron chi connectivity index (χ0n) is 10.6. The molecule has 17 heavy (non-hydrogen) atoms. The van der Waals surface area contributed by atoms with Gasteiger partial charge in [-0.3, -0.25) is 0 Å². The van der Waals surface area contributed by atoms with E-state index in [1.54, 1.807) is 12.1 Å². The highest BCUT2D eigenvalue weighted by atomic mass is 19.1. The van der Waals surface area contributed by atoms with Gasteiger partial charge in [0.2, 0.25) is 0 Å². The lowest BCUT2D eigenvalue weighted by molar-refractivity contribution is 0.468. The van der Waals surface area contributed by atoms with Crippen LogP contribution in [0.2, 0.25) is 0 Å². The third-order valence-electron chi connectivity index (χ3n) is 3.47. The fourth-order valence-electron chi connectivity index (χ4n) is 2.29. The zero-order chi connectivity index (χ0) is 12.1. The molecule has 0 aliphatic heterocycles. The molecular weight excluding hydrogens is 213 g/mol. The summed E-state index contributed by atoms with van der Waals surface area (Å²) in [5.41, 5.74) is 1.24. The third kappa shape index (κ3) is 3.81. The maximum atomic E-state index is 12.9. The summed E-state index contributed by atoms with van der Waals surface area (Å²) in [5.74, 6) is 0.622. The first-order valence-corrected chi connectivity index (χ1v) is 6.80. The second kappa shape index (κ2) is 6.15. The van der Waals surface area contributed by atoms with Crippen molar-refractivity contribution < 1.29 is 4.39 Å². The van der Waals surface area contributed by atoms with Gasteiger partial charge in [-0.2, -0.15) is 0 Å². The predicted octanol–water partition coefficient (Wildman–Crippen LogP) is 4.06. The highest BCUT2D eigenvalue weighted by Gasteiger charge is 2.31. The van der Waals surface area contributed by atoms with Crippen LogP contribution >= 0.6 is 0 Å². The van der Waals surface area contributed by atoms with Crippen LogP contribution < -0.4 is 5.32 Å². The second-order valence-corrected chi connectivity index (χ2v) is 5.03. The Morgan fingerprint density at radius 3 is 2.53 bits per heavy atom. The van der Waals surface area contributed by atoms with Gasteiger partial charge in [-0.15, -0.1) is 0 Å². The van der Waals surface area contributed by atoms with Gasteiger partial charge < -0.3 is 5.32 Å². The van der Waals surface area contributed by atoms with Crippen molar-refractivity contribution in [1.82, 2.24) is 5.32 Å². The average Bonchev–Trinajstić information content (AvgIpc) is 3.15. The van der Waals surface area contributed by atoms with Crippen molar-refractivity contribution in [1.29, 1.82) is 0 Å². The first kappa shape index (κ1) is 12.6. The third-order valence-corrected chi connectivity index (χ3v) is 3.47. The Morgan fingerprint density at radius 1 is 1.24 bits per heavy atom. The molecule has 1 aliphatic rings. The van der Waals surface area contributed by atoms with Crippen molar-refractivity contribution in [2.75, 3.05) is 6.54 Å². The number of hydrogen-bond acceptors (Lipinski definition) is 1. The van der Waals surface area contributed by atoms with E-state index in [9.17, 15) is 4.39 Å². The van der Waals surface area contributed by atoms with Gasteiger partial charge in [0.15, 0.2) is 0 Å². The maximum Gasteiger partial charge on any atom is 0.123 e. The molecule has 0 bridgehead atoms. The van der Waals surface area contributed by atoms with E-state index in [2.05, 4.69) is 12.2 Å². The van der Waals surface area contributed by atoms with Crippen LogP contribution in [0.5, 0.6) is 0 Å². The van der Waals surface area contributed by atoms with Crippen molar-refractivity contribution >= 4 is 0 Å². The molecule has 1 atom stereocenters. The first-order valence-electron chi connectivity index (χ1n) is 6.80. The second-order valence-electron chi connectivity index (χ2n) is 5.03. The number of benzene rings is 1. The molecule has 94 valence electrons. The highest BCUT2D eigenvalue weighted by Crippen LogP contribution is 2.40. The van der Waals surface area contributed by atoms with E-state index in [1.165, 1.54) is 37.7 Å². The zero-order valence-corrected chi connectivity index (χ0v) is 10.6. The van der Waals surface area contributed by atoms with E-state index in [0.717, 1.165) is 12.5 Å². The Kier molecular flexibility index (Phi) is 4.55. The number of halogens is 1. The van der Waals surface area contributed by atoms with E-state index in [1.807, 2.05) is 12.1 Å². The Balaban J connectivity index is 1.90. The van der Waals surface area contributed by atoms with E-state index < -0.39 is 0 Å². The Hall–Kier alpha value is -0.890. The van der Waals surface area contributed by atoms with Crippen molar-refractivity contribution in [3.05, 3.63) is 35.6 Å². The molecule has 0 spiro atoms. The Morgan fingerprint density at radius 2 is 1.94 bits per heavy atom. The monoisotopic (exact) mass is 235 g/mol. The standard InChI is InChI=1S/C15H22FN/c1-2-3-4-11-17-15(12-5-6-12)13-7-9-14(16)10-8-13/h7-10,12,15,17H,2-6,11H2,1H3. The van der Waals surface area contributed by atoms with Crippen LogP contribution in [0.3, 0.4) is 0 Å². The molecule has 2 heteroatoms. The number of rotatable bonds is 7. The van der Waals surface area contributed by atoms with Gasteiger partial charge in [-0.25, -0.2) is 4.39 Å². The van der Waals surface area contributed by atoms with Crippen molar-refractivity contribution in [3.8, 4) is 0 Å². The molecule has 1 unspecified atom stereocenters. The minimum absolute atomic E-state index is 0.144. The lowest BCUT2D eigenvalue weighted by Gasteiger charge is -2.18. The highest BCUT2D eigenvalue weighted by molar-refractivity contribution is 5.21. The lowest BCUT2D eigenvalue weighted by Crippen LogP contribution is -2.24. The number of nitrogens with one attached hydrogen (secondary N) is 1. The summed E-state index contributed by atoms with van der Waals surface area (Å²) < 4.78 is 12.9. The van der Waals surface area contributed by atoms with Crippen LogP contribution in [0.1, 0.15) is 50.6 Å². The quantitative estimate of drug-likeness (QED) is 0.703. The van der Waals surface area contributed by atoms with Crippen LogP contribution in [-0.2, 0) is 0 Å².